The zero-order chi connectivity index (χ0) is 15.5. The van der Waals surface area contributed by atoms with Crippen LogP contribution in [0.1, 0.15) is 38.7 Å². The summed E-state index contributed by atoms with van der Waals surface area (Å²) in [6.07, 6.45) is 2.88. The molecule has 2 unspecified atom stereocenters. The average Bonchev–Trinajstić information content (AvgIpc) is 2.84. The number of benzene rings is 1. The van der Waals surface area contributed by atoms with Crippen molar-refractivity contribution < 1.29 is 13.2 Å². The predicted molar refractivity (Wildman–Crippen MR) is 82.6 cm³/mol. The minimum atomic E-state index is -3.49. The van der Waals surface area contributed by atoms with Gasteiger partial charge in [0.1, 0.15) is 5.75 Å². The van der Waals surface area contributed by atoms with E-state index >= 15 is 0 Å². The number of rotatable bonds is 6. The van der Waals surface area contributed by atoms with Crippen molar-refractivity contribution in [3.63, 3.8) is 0 Å². The second kappa shape index (κ2) is 6.77. The summed E-state index contributed by atoms with van der Waals surface area (Å²) in [5.41, 5.74) is 6.39. The third-order valence-corrected chi connectivity index (χ3v) is 5.40. The topological polar surface area (TPSA) is 81.4 Å². The summed E-state index contributed by atoms with van der Waals surface area (Å²) in [5, 5.41) is 0. The summed E-state index contributed by atoms with van der Waals surface area (Å²) >= 11 is 0. The van der Waals surface area contributed by atoms with Crippen molar-refractivity contribution in [3.8, 4) is 5.75 Å². The number of nitrogens with two attached hydrogens (primary N) is 1. The van der Waals surface area contributed by atoms with Crippen molar-refractivity contribution in [2.24, 2.45) is 11.7 Å². The molecule has 2 rings (SSSR count). The van der Waals surface area contributed by atoms with Gasteiger partial charge in [0.05, 0.1) is 11.5 Å². The van der Waals surface area contributed by atoms with Gasteiger partial charge in [0.25, 0.3) is 0 Å². The van der Waals surface area contributed by atoms with Crippen molar-refractivity contribution >= 4 is 10.0 Å². The zero-order valence-electron chi connectivity index (χ0n) is 12.6. The molecular formula is C15H24N2O3S. The maximum absolute atomic E-state index is 12.4. The van der Waals surface area contributed by atoms with Crippen molar-refractivity contribution in [2.75, 3.05) is 6.61 Å². The second-order valence-corrected chi connectivity index (χ2v) is 7.36. The van der Waals surface area contributed by atoms with Gasteiger partial charge in [-0.2, -0.15) is 0 Å². The Morgan fingerprint density at radius 2 is 2.14 bits per heavy atom. The second-order valence-electron chi connectivity index (χ2n) is 5.64. The summed E-state index contributed by atoms with van der Waals surface area (Å²) in [4.78, 5) is 0.256. The summed E-state index contributed by atoms with van der Waals surface area (Å²) in [5.74, 6) is 1.23. The first-order valence-corrected chi connectivity index (χ1v) is 8.92. The first-order valence-electron chi connectivity index (χ1n) is 7.44. The Hall–Kier alpha value is -1.11. The van der Waals surface area contributed by atoms with E-state index in [-0.39, 0.29) is 17.5 Å². The highest BCUT2D eigenvalue weighted by Crippen LogP contribution is 2.27. The predicted octanol–water partition coefficient (Wildman–Crippen LogP) is 2.01. The van der Waals surface area contributed by atoms with E-state index in [0.717, 1.165) is 19.3 Å². The smallest absolute Gasteiger partial charge is 0.240 e. The molecule has 0 bridgehead atoms. The Bertz CT molecular complexity index is 587. The van der Waals surface area contributed by atoms with Crippen molar-refractivity contribution in [3.05, 3.63) is 23.8 Å². The molecule has 1 aromatic carbocycles. The van der Waals surface area contributed by atoms with Crippen molar-refractivity contribution in [2.45, 2.75) is 50.6 Å². The van der Waals surface area contributed by atoms with E-state index < -0.39 is 10.0 Å². The third kappa shape index (κ3) is 3.96. The maximum Gasteiger partial charge on any atom is 0.240 e. The maximum atomic E-state index is 12.4. The highest BCUT2D eigenvalue weighted by atomic mass is 32.2. The fourth-order valence-corrected chi connectivity index (χ4v) is 4.11. The highest BCUT2D eigenvalue weighted by molar-refractivity contribution is 7.89. The van der Waals surface area contributed by atoms with Gasteiger partial charge >= 0.3 is 0 Å². The molecule has 1 saturated carbocycles. The van der Waals surface area contributed by atoms with Gasteiger partial charge in [0.2, 0.25) is 10.0 Å². The van der Waals surface area contributed by atoms with Crippen LogP contribution in [-0.2, 0) is 16.6 Å². The van der Waals surface area contributed by atoms with Crippen LogP contribution in [0.15, 0.2) is 23.1 Å². The summed E-state index contributed by atoms with van der Waals surface area (Å²) in [6.45, 7) is 4.81. The lowest BCUT2D eigenvalue weighted by Crippen LogP contribution is -2.33. The number of hydrogen-bond acceptors (Lipinski definition) is 4. The van der Waals surface area contributed by atoms with Gasteiger partial charge in [-0.3, -0.25) is 0 Å². The van der Waals surface area contributed by atoms with Crippen molar-refractivity contribution in [1.29, 1.82) is 0 Å². The van der Waals surface area contributed by atoms with Gasteiger partial charge < -0.3 is 10.5 Å². The fourth-order valence-electron chi connectivity index (χ4n) is 2.78. The van der Waals surface area contributed by atoms with Crippen LogP contribution in [-0.4, -0.2) is 21.1 Å². The largest absolute Gasteiger partial charge is 0.494 e. The molecule has 6 heteroatoms. The van der Waals surface area contributed by atoms with Crippen LogP contribution in [0.5, 0.6) is 5.75 Å². The molecule has 0 heterocycles. The molecule has 0 amide bonds. The number of ether oxygens (including phenoxy) is 1. The summed E-state index contributed by atoms with van der Waals surface area (Å²) < 4.78 is 33.1. The Morgan fingerprint density at radius 3 is 2.71 bits per heavy atom. The molecule has 0 radical (unpaired) electrons. The fraction of sp³-hybridized carbons (Fsp3) is 0.600. The SMILES string of the molecule is CCOc1ccc(S(=O)(=O)NC2CCC(C)C2)cc1CN. The van der Waals surface area contributed by atoms with Crippen LogP contribution < -0.4 is 15.2 Å². The highest BCUT2D eigenvalue weighted by Gasteiger charge is 2.26. The minimum Gasteiger partial charge on any atom is -0.494 e. The lowest BCUT2D eigenvalue weighted by Gasteiger charge is -2.15. The average molecular weight is 312 g/mol. The lowest BCUT2D eigenvalue weighted by molar-refractivity contribution is 0.336. The Labute approximate surface area is 126 Å². The van der Waals surface area contributed by atoms with E-state index in [9.17, 15) is 8.42 Å². The zero-order valence-corrected chi connectivity index (χ0v) is 13.4. The van der Waals surface area contributed by atoms with Gasteiger partial charge in [0, 0.05) is 18.2 Å². The molecule has 0 aromatic heterocycles. The molecule has 1 aliphatic rings. The van der Waals surface area contributed by atoms with E-state index in [0.29, 0.717) is 23.8 Å². The van der Waals surface area contributed by atoms with Crippen LogP contribution in [0.4, 0.5) is 0 Å². The number of hydrogen-bond donors (Lipinski definition) is 2. The van der Waals surface area contributed by atoms with Gasteiger partial charge in [-0.25, -0.2) is 13.1 Å². The van der Waals surface area contributed by atoms with Gasteiger partial charge in [-0.1, -0.05) is 6.92 Å². The van der Waals surface area contributed by atoms with Crippen LogP contribution in [0.25, 0.3) is 0 Å². The van der Waals surface area contributed by atoms with Crippen LogP contribution in [0.2, 0.25) is 0 Å². The molecule has 118 valence electrons. The lowest BCUT2D eigenvalue weighted by atomic mass is 10.1. The molecule has 21 heavy (non-hydrogen) atoms. The van der Waals surface area contributed by atoms with Crippen LogP contribution >= 0.6 is 0 Å². The Morgan fingerprint density at radius 1 is 1.38 bits per heavy atom. The Kier molecular flexibility index (Phi) is 5.24. The molecule has 5 nitrogen and oxygen atoms in total. The third-order valence-electron chi connectivity index (χ3n) is 3.88. The standard InChI is InChI=1S/C15H24N2O3S/c1-3-20-15-7-6-14(9-12(15)10-16)21(18,19)17-13-5-4-11(2)8-13/h6-7,9,11,13,17H,3-5,8,10,16H2,1-2H3. The first-order chi connectivity index (χ1) is 9.96. The van der Waals surface area contributed by atoms with E-state index in [1.165, 1.54) is 0 Å². The van der Waals surface area contributed by atoms with Crippen molar-refractivity contribution in [1.82, 2.24) is 4.72 Å². The van der Waals surface area contributed by atoms with E-state index in [2.05, 4.69) is 11.6 Å². The minimum absolute atomic E-state index is 0.0397. The number of sulfonamides is 1. The quantitative estimate of drug-likeness (QED) is 0.842. The van der Waals surface area contributed by atoms with Crippen LogP contribution in [0.3, 0.4) is 0 Å². The van der Waals surface area contributed by atoms with Gasteiger partial charge in [-0.05, 0) is 50.3 Å². The monoisotopic (exact) mass is 312 g/mol. The molecule has 0 aliphatic heterocycles. The molecule has 0 spiro atoms. The first kappa shape index (κ1) is 16.3. The van der Waals surface area contributed by atoms with Gasteiger partial charge in [-0.15, -0.1) is 0 Å². The van der Waals surface area contributed by atoms with Gasteiger partial charge in [0.15, 0.2) is 0 Å². The molecule has 0 saturated heterocycles. The van der Waals surface area contributed by atoms with E-state index in [4.69, 9.17) is 10.5 Å². The normalized spacial score (nSPS) is 22.4. The summed E-state index contributed by atoms with van der Waals surface area (Å²) in [7, 11) is -3.49. The molecule has 1 fully saturated rings. The van der Waals surface area contributed by atoms with Crippen LogP contribution in [0, 0.1) is 5.92 Å². The molecule has 1 aromatic rings. The molecule has 3 N–H and O–H groups in total. The summed E-state index contributed by atoms with van der Waals surface area (Å²) in [6, 6.07) is 4.89. The molecule has 1 aliphatic carbocycles. The molecule has 2 atom stereocenters. The van der Waals surface area contributed by atoms with E-state index in [1.54, 1.807) is 18.2 Å². The van der Waals surface area contributed by atoms with E-state index in [1.807, 2.05) is 6.92 Å². The molecular weight excluding hydrogens is 288 g/mol. The Balaban J connectivity index is 2.19. The number of nitrogens with one attached hydrogen (secondary N) is 1.